The predicted octanol–water partition coefficient (Wildman–Crippen LogP) is 3.12. The number of likely N-dealkylation sites (tertiary alicyclic amines) is 1. The van der Waals surface area contributed by atoms with Crippen molar-refractivity contribution >= 4 is 17.5 Å². The van der Waals surface area contributed by atoms with E-state index in [1.54, 1.807) is 4.90 Å². The molecule has 1 heterocycles. The van der Waals surface area contributed by atoms with Gasteiger partial charge in [0, 0.05) is 19.5 Å². The van der Waals surface area contributed by atoms with Crippen LogP contribution in [0.1, 0.15) is 18.9 Å². The van der Waals surface area contributed by atoms with Gasteiger partial charge in [-0.05, 0) is 31.0 Å². The van der Waals surface area contributed by atoms with Gasteiger partial charge in [-0.2, -0.15) is 0 Å². The topological polar surface area (TPSA) is 58.6 Å². The Balaban J connectivity index is 1.57. The fraction of sp³-hybridized carbons (Fsp3) is 0.333. The van der Waals surface area contributed by atoms with Crippen LogP contribution in [0.15, 0.2) is 54.6 Å². The van der Waals surface area contributed by atoms with Crippen LogP contribution in [0.2, 0.25) is 0 Å². The number of hydrogen-bond donors (Lipinski definition) is 1. The van der Waals surface area contributed by atoms with Gasteiger partial charge < -0.3 is 15.0 Å². The summed E-state index contributed by atoms with van der Waals surface area (Å²) >= 11 is 0. The maximum atomic E-state index is 12.6. The molecule has 0 saturated carbocycles. The van der Waals surface area contributed by atoms with E-state index in [2.05, 4.69) is 17.4 Å². The van der Waals surface area contributed by atoms with Crippen LogP contribution in [0.4, 0.5) is 5.69 Å². The van der Waals surface area contributed by atoms with E-state index in [9.17, 15) is 9.59 Å². The minimum absolute atomic E-state index is 0.0409. The number of rotatable bonds is 7. The van der Waals surface area contributed by atoms with Gasteiger partial charge in [-0.15, -0.1) is 0 Å². The van der Waals surface area contributed by atoms with Gasteiger partial charge in [0.2, 0.25) is 11.8 Å². The molecule has 5 heteroatoms. The molecule has 1 N–H and O–H groups in total. The Labute approximate surface area is 154 Å². The summed E-state index contributed by atoms with van der Waals surface area (Å²) in [5, 5.41) is 2.91. The molecule has 1 aliphatic rings. The number of nitrogens with one attached hydrogen (secondary N) is 1. The first-order valence-corrected chi connectivity index (χ1v) is 9.01. The summed E-state index contributed by atoms with van der Waals surface area (Å²) in [6.07, 6.45) is 1.06. The van der Waals surface area contributed by atoms with E-state index >= 15 is 0 Å². The fourth-order valence-electron chi connectivity index (χ4n) is 3.16. The van der Waals surface area contributed by atoms with Crippen LogP contribution in [-0.2, 0) is 16.0 Å². The molecule has 2 aromatic rings. The third-order valence-corrected chi connectivity index (χ3v) is 4.54. The molecule has 1 atom stereocenters. The zero-order valence-corrected chi connectivity index (χ0v) is 15.0. The average Bonchev–Trinajstić information content (AvgIpc) is 3.04. The van der Waals surface area contributed by atoms with Crippen molar-refractivity contribution in [2.75, 3.05) is 25.0 Å². The Morgan fingerprint density at radius 1 is 1.15 bits per heavy atom. The molecule has 5 nitrogen and oxygen atoms in total. The Morgan fingerprint density at radius 2 is 1.88 bits per heavy atom. The summed E-state index contributed by atoms with van der Waals surface area (Å²) in [7, 11) is 0. The van der Waals surface area contributed by atoms with Crippen molar-refractivity contribution in [2.24, 2.45) is 5.92 Å². The number of carbonyl (C=O) groups excluding carboxylic acids is 2. The highest BCUT2D eigenvalue weighted by Gasteiger charge is 2.34. The largest absolute Gasteiger partial charge is 0.492 e. The van der Waals surface area contributed by atoms with Crippen LogP contribution in [0, 0.1) is 5.92 Å². The zero-order chi connectivity index (χ0) is 18.4. The lowest BCUT2D eigenvalue weighted by Gasteiger charge is -2.17. The Morgan fingerprint density at radius 3 is 2.65 bits per heavy atom. The van der Waals surface area contributed by atoms with Crippen LogP contribution in [-0.4, -0.2) is 36.4 Å². The second kappa shape index (κ2) is 8.52. The van der Waals surface area contributed by atoms with Crippen LogP contribution in [0.25, 0.3) is 0 Å². The maximum absolute atomic E-state index is 12.6. The summed E-state index contributed by atoms with van der Waals surface area (Å²) in [5.74, 6) is 0.230. The van der Waals surface area contributed by atoms with Gasteiger partial charge in [0.15, 0.2) is 0 Å². The number of amides is 2. The van der Waals surface area contributed by atoms with Gasteiger partial charge in [-0.1, -0.05) is 42.5 Å². The number of benzene rings is 2. The summed E-state index contributed by atoms with van der Waals surface area (Å²) in [4.78, 5) is 26.6. The maximum Gasteiger partial charge on any atom is 0.229 e. The summed E-state index contributed by atoms with van der Waals surface area (Å²) in [6, 6.07) is 17.4. The zero-order valence-electron chi connectivity index (χ0n) is 15.0. The summed E-state index contributed by atoms with van der Waals surface area (Å²) in [6.45, 7) is 3.54. The lowest BCUT2D eigenvalue weighted by Crippen LogP contribution is -2.30. The Bertz CT molecular complexity index is 761. The minimum Gasteiger partial charge on any atom is -0.492 e. The van der Waals surface area contributed by atoms with Crippen molar-refractivity contribution in [1.82, 2.24) is 4.90 Å². The van der Waals surface area contributed by atoms with E-state index in [-0.39, 0.29) is 24.2 Å². The van der Waals surface area contributed by atoms with E-state index in [1.165, 1.54) is 5.56 Å². The lowest BCUT2D eigenvalue weighted by molar-refractivity contribution is -0.128. The monoisotopic (exact) mass is 352 g/mol. The van der Waals surface area contributed by atoms with Gasteiger partial charge in [0.1, 0.15) is 5.75 Å². The number of nitrogens with zero attached hydrogens (tertiary/aromatic N) is 1. The van der Waals surface area contributed by atoms with E-state index in [0.717, 1.165) is 6.42 Å². The van der Waals surface area contributed by atoms with E-state index < -0.39 is 0 Å². The molecule has 0 spiro atoms. The van der Waals surface area contributed by atoms with Crippen molar-refractivity contribution in [3.8, 4) is 5.75 Å². The third-order valence-electron chi connectivity index (χ3n) is 4.54. The molecule has 3 rings (SSSR count). The van der Waals surface area contributed by atoms with Gasteiger partial charge >= 0.3 is 0 Å². The molecule has 2 aromatic carbocycles. The van der Waals surface area contributed by atoms with Gasteiger partial charge in [-0.3, -0.25) is 9.59 Å². The number of para-hydroxylation sites is 2. The van der Waals surface area contributed by atoms with Crippen molar-refractivity contribution in [3.05, 3.63) is 60.2 Å². The normalized spacial score (nSPS) is 16.6. The molecule has 1 saturated heterocycles. The first-order valence-electron chi connectivity index (χ1n) is 9.01. The lowest BCUT2D eigenvalue weighted by atomic mass is 10.1. The summed E-state index contributed by atoms with van der Waals surface area (Å²) in [5.41, 5.74) is 1.84. The van der Waals surface area contributed by atoms with Gasteiger partial charge in [0.05, 0.1) is 18.2 Å². The van der Waals surface area contributed by atoms with Crippen molar-refractivity contribution in [2.45, 2.75) is 19.8 Å². The molecule has 1 fully saturated rings. The average molecular weight is 352 g/mol. The standard InChI is InChI=1S/C21H24N2O3/c1-2-26-19-11-7-6-10-18(19)22-21(25)17-14-20(24)23(15-17)13-12-16-8-4-3-5-9-16/h3-11,17H,2,12-15H2,1H3,(H,22,25)/t17-/m0/s1. The molecule has 26 heavy (non-hydrogen) atoms. The fourth-order valence-corrected chi connectivity index (χ4v) is 3.16. The number of carbonyl (C=O) groups is 2. The van der Waals surface area contributed by atoms with Crippen molar-refractivity contribution < 1.29 is 14.3 Å². The molecule has 2 amide bonds. The van der Waals surface area contributed by atoms with E-state index in [0.29, 0.717) is 31.1 Å². The molecule has 0 bridgehead atoms. The summed E-state index contributed by atoms with van der Waals surface area (Å²) < 4.78 is 5.54. The Hall–Kier alpha value is -2.82. The molecule has 1 aliphatic heterocycles. The number of hydrogen-bond acceptors (Lipinski definition) is 3. The SMILES string of the molecule is CCOc1ccccc1NC(=O)[C@H]1CC(=O)N(CCc2ccccc2)C1. The Kier molecular flexibility index (Phi) is 5.89. The first kappa shape index (κ1) is 18.0. The molecule has 0 aromatic heterocycles. The highest BCUT2D eigenvalue weighted by atomic mass is 16.5. The minimum atomic E-state index is -0.326. The van der Waals surface area contributed by atoms with Gasteiger partial charge in [-0.25, -0.2) is 0 Å². The van der Waals surface area contributed by atoms with Gasteiger partial charge in [0.25, 0.3) is 0 Å². The molecular weight excluding hydrogens is 328 g/mol. The van der Waals surface area contributed by atoms with Crippen LogP contribution in [0.3, 0.4) is 0 Å². The quantitative estimate of drug-likeness (QED) is 0.833. The second-order valence-corrected chi connectivity index (χ2v) is 6.39. The predicted molar refractivity (Wildman–Crippen MR) is 101 cm³/mol. The molecule has 0 unspecified atom stereocenters. The molecule has 136 valence electrons. The highest BCUT2D eigenvalue weighted by Crippen LogP contribution is 2.26. The molecule has 0 aliphatic carbocycles. The smallest absolute Gasteiger partial charge is 0.229 e. The third kappa shape index (κ3) is 4.42. The number of anilines is 1. The molecular formula is C21H24N2O3. The van der Waals surface area contributed by atoms with E-state index in [1.807, 2.05) is 49.4 Å². The molecule has 0 radical (unpaired) electrons. The second-order valence-electron chi connectivity index (χ2n) is 6.39. The highest BCUT2D eigenvalue weighted by molar-refractivity contribution is 5.98. The van der Waals surface area contributed by atoms with Crippen LogP contribution in [0.5, 0.6) is 5.75 Å². The number of ether oxygens (including phenoxy) is 1. The van der Waals surface area contributed by atoms with E-state index in [4.69, 9.17) is 4.74 Å². The van der Waals surface area contributed by atoms with Crippen LogP contribution >= 0.6 is 0 Å². The van der Waals surface area contributed by atoms with Crippen LogP contribution < -0.4 is 10.1 Å². The van der Waals surface area contributed by atoms with Crippen molar-refractivity contribution in [3.63, 3.8) is 0 Å². The van der Waals surface area contributed by atoms with Crippen molar-refractivity contribution in [1.29, 1.82) is 0 Å². The first-order chi connectivity index (χ1) is 12.7.